The molecule has 0 saturated carbocycles. The lowest BCUT2D eigenvalue weighted by molar-refractivity contribution is -0.121. The lowest BCUT2D eigenvalue weighted by Crippen LogP contribution is -2.59. The van der Waals surface area contributed by atoms with E-state index in [1.807, 2.05) is 4.90 Å². The molecule has 2 aliphatic heterocycles. The number of nitrogens with zero attached hydrogens (tertiary/aromatic N) is 2. The number of aryl methyl sites for hydroxylation is 1. The third-order valence-corrected chi connectivity index (χ3v) is 7.37. The van der Waals surface area contributed by atoms with E-state index in [-0.39, 0.29) is 24.8 Å². The fourth-order valence-electron chi connectivity index (χ4n) is 4.70. The van der Waals surface area contributed by atoms with Gasteiger partial charge in [-0.3, -0.25) is 9.69 Å². The van der Waals surface area contributed by atoms with Crippen molar-refractivity contribution in [2.24, 2.45) is 0 Å². The number of hydrogen-bond donors (Lipinski definition) is 1. The number of amides is 1. The Hall–Kier alpha value is -1.73. The third kappa shape index (κ3) is 4.87. The summed E-state index contributed by atoms with van der Waals surface area (Å²) >= 11 is 1.80. The number of carbonyl (C=O) groups excluding carboxylic acids is 1. The van der Waals surface area contributed by atoms with Gasteiger partial charge in [-0.2, -0.15) is 0 Å². The Kier molecular flexibility index (Phi) is 7.26. The highest BCUT2D eigenvalue weighted by atomic mass is 32.1. The van der Waals surface area contributed by atoms with Crippen LogP contribution in [0.2, 0.25) is 0 Å². The van der Waals surface area contributed by atoms with Gasteiger partial charge in [-0.05, 0) is 43.2 Å². The van der Waals surface area contributed by atoms with Crippen molar-refractivity contribution in [3.63, 3.8) is 0 Å². The van der Waals surface area contributed by atoms with Crippen molar-refractivity contribution in [3.8, 4) is 10.4 Å². The summed E-state index contributed by atoms with van der Waals surface area (Å²) in [6.45, 7) is 12.3. The van der Waals surface area contributed by atoms with Crippen LogP contribution in [0.1, 0.15) is 38.6 Å². The van der Waals surface area contributed by atoms with Crippen LogP contribution in [0, 0.1) is 6.92 Å². The fraction of sp³-hybridized carbons (Fsp3) is 0.560. The molecule has 170 valence electrons. The Morgan fingerprint density at radius 3 is 2.74 bits per heavy atom. The summed E-state index contributed by atoms with van der Waals surface area (Å²) in [4.78, 5) is 20.3. The van der Waals surface area contributed by atoms with Crippen LogP contribution >= 0.6 is 11.3 Å². The monoisotopic (exact) mass is 443 g/mol. The first-order chi connectivity index (χ1) is 14.3. The Balaban J connectivity index is 0.00000272. The van der Waals surface area contributed by atoms with Gasteiger partial charge in [0.2, 0.25) is 5.91 Å². The third-order valence-electron chi connectivity index (χ3n) is 6.32. The number of benzene rings is 1. The summed E-state index contributed by atoms with van der Waals surface area (Å²) < 4.78 is 5.40. The zero-order valence-electron chi connectivity index (χ0n) is 18.7. The van der Waals surface area contributed by atoms with Gasteiger partial charge >= 0.3 is 0 Å². The smallest absolute Gasteiger partial charge is 0.241 e. The molecule has 5 nitrogen and oxygen atoms in total. The van der Waals surface area contributed by atoms with E-state index in [2.05, 4.69) is 68.2 Å². The minimum Gasteiger partial charge on any atom is -0.383 e. The number of fused-ring (bicyclic) bond motifs is 1. The molecule has 3 heterocycles. The first-order valence-corrected chi connectivity index (χ1v) is 11.6. The Morgan fingerprint density at radius 1 is 1.29 bits per heavy atom. The summed E-state index contributed by atoms with van der Waals surface area (Å²) in [7, 11) is 1.73. The van der Waals surface area contributed by atoms with Crippen molar-refractivity contribution < 1.29 is 9.53 Å². The first-order valence-electron chi connectivity index (χ1n) is 10.8. The van der Waals surface area contributed by atoms with Crippen molar-refractivity contribution in [2.45, 2.75) is 52.6 Å². The summed E-state index contributed by atoms with van der Waals surface area (Å²) in [5.41, 5.74) is 3.47. The highest BCUT2D eigenvalue weighted by molar-refractivity contribution is 7.15. The molecule has 1 fully saturated rings. The second-order valence-electron chi connectivity index (χ2n) is 9.35. The molecule has 1 amide bonds. The van der Waals surface area contributed by atoms with E-state index in [0.717, 1.165) is 25.3 Å². The number of thiophene rings is 1. The van der Waals surface area contributed by atoms with Gasteiger partial charge in [0, 0.05) is 59.7 Å². The zero-order valence-corrected chi connectivity index (χ0v) is 19.5. The second-order valence-corrected chi connectivity index (χ2v) is 10.6. The maximum Gasteiger partial charge on any atom is 0.241 e. The molecule has 1 aromatic heterocycles. The van der Waals surface area contributed by atoms with E-state index in [9.17, 15) is 4.79 Å². The number of anilines is 1. The summed E-state index contributed by atoms with van der Waals surface area (Å²) in [6.07, 6.45) is 0. The Labute approximate surface area is 191 Å². The average Bonchev–Trinajstić information content (AvgIpc) is 3.25. The topological polar surface area (TPSA) is 44.8 Å². The van der Waals surface area contributed by atoms with E-state index in [1.54, 1.807) is 18.4 Å². The van der Waals surface area contributed by atoms with Gasteiger partial charge in [0.25, 0.3) is 0 Å². The maximum absolute atomic E-state index is 13.5. The predicted molar refractivity (Wildman–Crippen MR) is 131 cm³/mol. The van der Waals surface area contributed by atoms with E-state index in [1.165, 1.54) is 20.9 Å². The van der Waals surface area contributed by atoms with Crippen LogP contribution in [-0.4, -0.2) is 62.8 Å². The number of nitrogens with one attached hydrogen (secondary N) is 1. The summed E-state index contributed by atoms with van der Waals surface area (Å²) in [5, 5.41) is 3.50. The predicted octanol–water partition coefficient (Wildman–Crippen LogP) is 4.29. The van der Waals surface area contributed by atoms with Crippen molar-refractivity contribution in [1.29, 1.82) is 0 Å². The molecule has 2 atom stereocenters. The van der Waals surface area contributed by atoms with E-state index >= 15 is 0 Å². The van der Waals surface area contributed by atoms with E-state index < -0.39 is 0 Å². The second kappa shape index (κ2) is 9.41. The van der Waals surface area contributed by atoms with Gasteiger partial charge in [0.05, 0.1) is 13.2 Å². The molecule has 2 aromatic rings. The Bertz CT molecular complexity index is 923. The number of methoxy groups -OCH3 is 1. The fourth-order valence-corrected chi connectivity index (χ4v) is 5.56. The number of rotatable bonds is 5. The molecule has 1 saturated heterocycles. The zero-order chi connectivity index (χ0) is 21.5. The molecule has 4 rings (SSSR count). The van der Waals surface area contributed by atoms with Gasteiger partial charge < -0.3 is 15.0 Å². The van der Waals surface area contributed by atoms with Gasteiger partial charge in [-0.1, -0.05) is 33.4 Å². The van der Waals surface area contributed by atoms with Crippen molar-refractivity contribution in [2.75, 3.05) is 44.8 Å². The quantitative estimate of drug-likeness (QED) is 0.749. The van der Waals surface area contributed by atoms with Crippen LogP contribution in [0.15, 0.2) is 30.3 Å². The normalized spacial score (nSPS) is 22.8. The highest BCUT2D eigenvalue weighted by Gasteiger charge is 2.39. The Morgan fingerprint density at radius 2 is 2.06 bits per heavy atom. The molecule has 1 N–H and O–H groups in total. The van der Waals surface area contributed by atoms with Crippen LogP contribution in [-0.2, 0) is 14.9 Å². The van der Waals surface area contributed by atoms with Gasteiger partial charge in [0.1, 0.15) is 0 Å². The minimum absolute atomic E-state index is 0. The molecule has 0 spiro atoms. The van der Waals surface area contributed by atoms with Crippen LogP contribution in [0.3, 0.4) is 0 Å². The molecule has 1 aromatic carbocycles. The average molecular weight is 444 g/mol. The van der Waals surface area contributed by atoms with Gasteiger partial charge in [-0.25, -0.2) is 0 Å². The van der Waals surface area contributed by atoms with Crippen molar-refractivity contribution >= 4 is 22.9 Å². The molecule has 2 aliphatic rings. The van der Waals surface area contributed by atoms with Crippen LogP contribution in [0.25, 0.3) is 10.4 Å². The van der Waals surface area contributed by atoms with Gasteiger partial charge in [-0.15, -0.1) is 11.3 Å². The standard InChI is InChI=1S/C24H33N3O2S.CH4/c1-16-12-26(19(11-25-16)14-29-5)13-23(28)27-15-24(3,4)20-8-7-18(10-21(20)27)22-9-6-17(2)30-22;/h6-10,16,19,25H,11-15H2,1-5H3;1H4/t16-,19-;/m1./s1. The summed E-state index contributed by atoms with van der Waals surface area (Å²) in [5.74, 6) is 0.177. The van der Waals surface area contributed by atoms with Crippen molar-refractivity contribution in [1.82, 2.24) is 10.2 Å². The van der Waals surface area contributed by atoms with E-state index in [0.29, 0.717) is 19.2 Å². The SMILES string of the molecule is C.COC[C@H]1CN[C@H](C)CN1CC(=O)N1CC(C)(C)c2ccc(-c3ccc(C)s3)cc21. The molecular formula is C25H37N3O2S. The maximum atomic E-state index is 13.5. The molecule has 0 bridgehead atoms. The first kappa shape index (κ1) is 23.9. The highest BCUT2D eigenvalue weighted by Crippen LogP contribution is 2.43. The molecule has 6 heteroatoms. The lowest BCUT2D eigenvalue weighted by atomic mass is 9.86. The molecular weight excluding hydrogens is 406 g/mol. The molecule has 0 aliphatic carbocycles. The minimum atomic E-state index is -0.0441. The van der Waals surface area contributed by atoms with Gasteiger partial charge in [0.15, 0.2) is 0 Å². The summed E-state index contributed by atoms with van der Waals surface area (Å²) in [6, 6.07) is 11.6. The number of ether oxygens (including phenoxy) is 1. The van der Waals surface area contributed by atoms with Crippen LogP contribution < -0.4 is 10.2 Å². The van der Waals surface area contributed by atoms with Crippen LogP contribution in [0.4, 0.5) is 5.69 Å². The van der Waals surface area contributed by atoms with Crippen LogP contribution in [0.5, 0.6) is 0 Å². The molecule has 0 unspecified atom stereocenters. The number of hydrogen-bond acceptors (Lipinski definition) is 5. The largest absolute Gasteiger partial charge is 0.383 e. The molecule has 0 radical (unpaired) electrons. The molecule has 31 heavy (non-hydrogen) atoms. The number of carbonyl (C=O) groups is 1. The van der Waals surface area contributed by atoms with Crippen molar-refractivity contribution in [3.05, 3.63) is 40.8 Å². The lowest BCUT2D eigenvalue weighted by Gasteiger charge is -2.39. The number of piperazine rings is 1. The van der Waals surface area contributed by atoms with E-state index in [4.69, 9.17) is 4.74 Å².